The first-order valence-corrected chi connectivity index (χ1v) is 10.2. The Morgan fingerprint density at radius 3 is 2.34 bits per heavy atom. The van der Waals surface area contributed by atoms with Crippen molar-refractivity contribution in [1.29, 1.82) is 0 Å². The molecule has 0 saturated heterocycles. The number of benzene rings is 2. The molecule has 0 unspecified atom stereocenters. The summed E-state index contributed by atoms with van der Waals surface area (Å²) in [5.74, 6) is 1.02. The molecule has 0 fully saturated rings. The zero-order chi connectivity index (χ0) is 23.3. The number of esters is 1. The van der Waals surface area contributed by atoms with Gasteiger partial charge in [-0.3, -0.25) is 0 Å². The van der Waals surface area contributed by atoms with Crippen LogP contribution in [0.2, 0.25) is 0 Å². The normalized spacial score (nSPS) is 15.8. The lowest BCUT2D eigenvalue weighted by molar-refractivity contribution is -0.135. The quantitative estimate of drug-likeness (QED) is 0.606. The molecular formula is C23H23NO7S. The standard InChI is InChI=1S/C23H23NO7S/c1-27-15-8-6-7-14(12-15)24-22-18(23(26)31-5)19(25)17(32-22)11-13-9-10-16(28-2)21(30-4)20(13)29-3/h6-12,25H,1-5H3. The summed E-state index contributed by atoms with van der Waals surface area (Å²) < 4.78 is 26.3. The van der Waals surface area contributed by atoms with Gasteiger partial charge in [-0.1, -0.05) is 17.8 Å². The largest absolute Gasteiger partial charge is 0.506 e. The number of hydrogen-bond acceptors (Lipinski definition) is 9. The number of methoxy groups -OCH3 is 5. The summed E-state index contributed by atoms with van der Waals surface area (Å²) in [7, 11) is 7.34. The van der Waals surface area contributed by atoms with Crippen LogP contribution in [0.25, 0.3) is 6.08 Å². The van der Waals surface area contributed by atoms with Crippen LogP contribution in [0.3, 0.4) is 0 Å². The highest BCUT2D eigenvalue weighted by molar-refractivity contribution is 8.18. The molecule has 1 N–H and O–H groups in total. The zero-order valence-corrected chi connectivity index (χ0v) is 19.1. The second-order valence-electron chi connectivity index (χ2n) is 6.37. The lowest BCUT2D eigenvalue weighted by Crippen LogP contribution is -2.10. The molecule has 168 valence electrons. The fraction of sp³-hybridized carbons (Fsp3) is 0.217. The van der Waals surface area contributed by atoms with Crippen LogP contribution in [0.15, 0.2) is 57.6 Å². The Labute approximate surface area is 190 Å². The number of carbonyl (C=O) groups excluding carboxylic acids is 1. The number of aliphatic hydroxyl groups excluding tert-OH is 1. The Morgan fingerprint density at radius 1 is 0.969 bits per heavy atom. The van der Waals surface area contributed by atoms with E-state index in [1.54, 1.807) is 49.6 Å². The molecule has 9 heteroatoms. The minimum atomic E-state index is -0.695. The molecule has 8 nitrogen and oxygen atoms in total. The number of rotatable bonds is 7. The fourth-order valence-electron chi connectivity index (χ4n) is 3.07. The first-order chi connectivity index (χ1) is 15.5. The van der Waals surface area contributed by atoms with E-state index in [1.165, 1.54) is 28.4 Å². The molecule has 1 heterocycles. The summed E-state index contributed by atoms with van der Waals surface area (Å²) in [5.41, 5.74) is 1.16. The van der Waals surface area contributed by atoms with Crippen LogP contribution in [0.4, 0.5) is 5.69 Å². The van der Waals surface area contributed by atoms with E-state index in [2.05, 4.69) is 4.99 Å². The molecule has 1 aliphatic rings. The number of aliphatic hydroxyl groups is 1. The summed E-state index contributed by atoms with van der Waals surface area (Å²) in [4.78, 5) is 17.3. The number of aliphatic imine (C=N–C) groups is 1. The highest BCUT2D eigenvalue weighted by Crippen LogP contribution is 2.44. The number of carbonyl (C=O) groups is 1. The lowest BCUT2D eigenvalue weighted by Gasteiger charge is -2.14. The maximum Gasteiger partial charge on any atom is 0.344 e. The average molecular weight is 458 g/mol. The van der Waals surface area contributed by atoms with Gasteiger partial charge in [-0.15, -0.1) is 0 Å². The van der Waals surface area contributed by atoms with Crippen molar-refractivity contribution in [2.45, 2.75) is 0 Å². The maximum absolute atomic E-state index is 12.4. The highest BCUT2D eigenvalue weighted by Gasteiger charge is 2.33. The van der Waals surface area contributed by atoms with Gasteiger partial charge < -0.3 is 28.8 Å². The van der Waals surface area contributed by atoms with E-state index in [4.69, 9.17) is 23.7 Å². The predicted octanol–water partition coefficient (Wildman–Crippen LogP) is 4.52. The first-order valence-electron chi connectivity index (χ1n) is 9.40. The summed E-state index contributed by atoms with van der Waals surface area (Å²) in [6.07, 6.45) is 1.68. The van der Waals surface area contributed by atoms with Crippen LogP contribution in [0.5, 0.6) is 23.0 Å². The van der Waals surface area contributed by atoms with E-state index < -0.39 is 5.97 Å². The predicted molar refractivity (Wildman–Crippen MR) is 123 cm³/mol. The second-order valence-corrected chi connectivity index (χ2v) is 7.40. The first kappa shape index (κ1) is 23.1. The van der Waals surface area contributed by atoms with Gasteiger partial charge in [0, 0.05) is 11.6 Å². The SMILES string of the molecule is COC(=O)C1=C(O)C(=Cc2ccc(OC)c(OC)c2OC)SC1=Nc1cccc(OC)c1. The van der Waals surface area contributed by atoms with Crippen LogP contribution >= 0.6 is 11.8 Å². The van der Waals surface area contributed by atoms with Gasteiger partial charge in [0.15, 0.2) is 11.5 Å². The monoisotopic (exact) mass is 457 g/mol. The zero-order valence-electron chi connectivity index (χ0n) is 18.3. The Hall–Kier alpha value is -3.59. The Kier molecular flexibility index (Phi) is 7.32. The van der Waals surface area contributed by atoms with E-state index in [-0.39, 0.29) is 11.3 Å². The molecule has 0 saturated carbocycles. The van der Waals surface area contributed by atoms with Crippen molar-refractivity contribution in [3.8, 4) is 23.0 Å². The van der Waals surface area contributed by atoms with E-state index in [1.807, 2.05) is 0 Å². The Morgan fingerprint density at radius 2 is 1.72 bits per heavy atom. The molecule has 0 radical (unpaired) electrons. The third-order valence-corrected chi connectivity index (χ3v) is 5.61. The third-order valence-electron chi connectivity index (χ3n) is 4.59. The molecule has 32 heavy (non-hydrogen) atoms. The van der Waals surface area contributed by atoms with Crippen LogP contribution < -0.4 is 18.9 Å². The van der Waals surface area contributed by atoms with E-state index in [0.29, 0.717) is 44.2 Å². The third kappa shape index (κ3) is 4.52. The van der Waals surface area contributed by atoms with Gasteiger partial charge in [-0.2, -0.15) is 0 Å². The summed E-state index contributed by atoms with van der Waals surface area (Å²) in [6.45, 7) is 0. The molecule has 1 aliphatic heterocycles. The molecule has 0 aliphatic carbocycles. The number of nitrogens with zero attached hydrogens (tertiary/aromatic N) is 1. The maximum atomic E-state index is 12.4. The van der Waals surface area contributed by atoms with Crippen molar-refractivity contribution < 1.29 is 33.6 Å². The van der Waals surface area contributed by atoms with Crippen molar-refractivity contribution in [2.24, 2.45) is 4.99 Å². The summed E-state index contributed by atoms with van der Waals surface area (Å²) in [5, 5.41) is 11.1. The molecular weight excluding hydrogens is 434 g/mol. The van der Waals surface area contributed by atoms with E-state index in [9.17, 15) is 9.90 Å². The van der Waals surface area contributed by atoms with Gasteiger partial charge in [0.25, 0.3) is 0 Å². The van der Waals surface area contributed by atoms with Crippen molar-refractivity contribution in [2.75, 3.05) is 35.5 Å². The van der Waals surface area contributed by atoms with Gasteiger partial charge in [0.1, 0.15) is 22.1 Å². The number of ether oxygens (including phenoxy) is 5. The molecule has 0 atom stereocenters. The van der Waals surface area contributed by atoms with Gasteiger partial charge in [0.2, 0.25) is 5.75 Å². The second kappa shape index (κ2) is 10.1. The minimum absolute atomic E-state index is 0.0222. The molecule has 0 spiro atoms. The molecule has 0 amide bonds. The highest BCUT2D eigenvalue weighted by atomic mass is 32.2. The molecule has 0 aromatic heterocycles. The molecule has 2 aromatic carbocycles. The lowest BCUT2D eigenvalue weighted by atomic mass is 10.1. The van der Waals surface area contributed by atoms with Crippen LogP contribution in [-0.4, -0.2) is 51.7 Å². The van der Waals surface area contributed by atoms with Crippen LogP contribution in [-0.2, 0) is 9.53 Å². The van der Waals surface area contributed by atoms with Crippen molar-refractivity contribution in [1.82, 2.24) is 0 Å². The van der Waals surface area contributed by atoms with Crippen molar-refractivity contribution >= 4 is 34.5 Å². The van der Waals surface area contributed by atoms with Crippen LogP contribution in [0, 0.1) is 0 Å². The van der Waals surface area contributed by atoms with Crippen LogP contribution in [0.1, 0.15) is 5.56 Å². The molecule has 2 aromatic rings. The smallest absolute Gasteiger partial charge is 0.344 e. The van der Waals surface area contributed by atoms with Gasteiger partial charge in [0.05, 0.1) is 46.1 Å². The summed E-state index contributed by atoms with van der Waals surface area (Å²) >= 11 is 1.13. The number of hydrogen-bond donors (Lipinski definition) is 1. The van der Waals surface area contributed by atoms with Gasteiger partial charge in [-0.25, -0.2) is 9.79 Å². The van der Waals surface area contributed by atoms with Crippen molar-refractivity contribution in [3.05, 3.63) is 58.2 Å². The minimum Gasteiger partial charge on any atom is -0.506 e. The van der Waals surface area contributed by atoms with E-state index in [0.717, 1.165) is 11.8 Å². The number of thioether (sulfide) groups is 1. The topological polar surface area (TPSA) is 95.8 Å². The van der Waals surface area contributed by atoms with Gasteiger partial charge >= 0.3 is 5.97 Å². The summed E-state index contributed by atoms with van der Waals surface area (Å²) in [6, 6.07) is 10.5. The Balaban J connectivity index is 2.11. The average Bonchev–Trinajstić information content (AvgIpc) is 3.12. The van der Waals surface area contributed by atoms with Gasteiger partial charge in [-0.05, 0) is 30.3 Å². The Bertz CT molecular complexity index is 1120. The fourth-order valence-corrected chi connectivity index (χ4v) is 4.09. The van der Waals surface area contributed by atoms with E-state index >= 15 is 0 Å². The molecule has 0 bridgehead atoms. The molecule has 3 rings (SSSR count). The van der Waals surface area contributed by atoms with Crippen molar-refractivity contribution in [3.63, 3.8) is 0 Å².